The molecule has 7 atom stereocenters. The largest absolute Gasteiger partial charge is 0.393 e. The van der Waals surface area contributed by atoms with Crippen molar-refractivity contribution < 1.29 is 19.8 Å². The molecule has 0 aliphatic heterocycles. The molecule has 180 valence electrons. The summed E-state index contributed by atoms with van der Waals surface area (Å²) < 4.78 is 0. The SMILES string of the molecule is CC.CC.CC.CC12C=CC(=O)C=C1CCC1C2C(O)CC2(C)C1CC[C@H]2O.CC=O. The van der Waals surface area contributed by atoms with Crippen LogP contribution in [-0.2, 0) is 9.59 Å². The summed E-state index contributed by atoms with van der Waals surface area (Å²) >= 11 is 0. The van der Waals surface area contributed by atoms with Crippen LogP contribution in [0.3, 0.4) is 0 Å². The molecule has 31 heavy (non-hydrogen) atoms. The molecule has 4 aliphatic carbocycles. The first kappa shape index (κ1) is 29.7. The lowest BCUT2D eigenvalue weighted by molar-refractivity contribution is -0.129. The third-order valence-electron chi connectivity index (χ3n) is 7.44. The molecule has 0 saturated heterocycles. The van der Waals surface area contributed by atoms with E-state index in [2.05, 4.69) is 13.8 Å². The van der Waals surface area contributed by atoms with E-state index in [4.69, 9.17) is 4.79 Å². The molecule has 2 N–H and O–H groups in total. The number of aliphatic hydroxyl groups is 2. The van der Waals surface area contributed by atoms with Crippen molar-refractivity contribution >= 4 is 12.1 Å². The monoisotopic (exact) mass is 436 g/mol. The normalized spacial score (nSPS) is 39.0. The number of aliphatic hydroxyl groups excluding tert-OH is 2. The third-order valence-corrected chi connectivity index (χ3v) is 7.44. The van der Waals surface area contributed by atoms with Gasteiger partial charge in [0.15, 0.2) is 5.78 Å². The van der Waals surface area contributed by atoms with Crippen LogP contribution in [0.25, 0.3) is 0 Å². The minimum atomic E-state index is -0.398. The molecule has 0 heterocycles. The zero-order chi connectivity index (χ0) is 24.4. The van der Waals surface area contributed by atoms with Gasteiger partial charge in [-0.2, -0.15) is 0 Å². The molecule has 4 nitrogen and oxygen atoms in total. The number of carbonyl (C=O) groups is 2. The van der Waals surface area contributed by atoms with E-state index < -0.39 is 6.10 Å². The highest BCUT2D eigenvalue weighted by Crippen LogP contribution is 2.64. The minimum absolute atomic E-state index is 0.0809. The quantitative estimate of drug-likeness (QED) is 0.463. The first-order chi connectivity index (χ1) is 14.8. The molecule has 4 aliphatic rings. The van der Waals surface area contributed by atoms with E-state index in [0.29, 0.717) is 18.3 Å². The van der Waals surface area contributed by atoms with Gasteiger partial charge in [-0.25, -0.2) is 0 Å². The summed E-state index contributed by atoms with van der Waals surface area (Å²) in [5.74, 6) is 1.21. The van der Waals surface area contributed by atoms with E-state index in [-0.39, 0.29) is 28.6 Å². The predicted molar refractivity (Wildman–Crippen MR) is 130 cm³/mol. The van der Waals surface area contributed by atoms with E-state index in [0.717, 1.165) is 32.0 Å². The number of carbonyl (C=O) groups excluding carboxylic acids is 2. The second-order valence-corrected chi connectivity index (χ2v) is 8.63. The van der Waals surface area contributed by atoms with Gasteiger partial charge in [0.2, 0.25) is 0 Å². The summed E-state index contributed by atoms with van der Waals surface area (Å²) in [4.78, 5) is 20.5. The van der Waals surface area contributed by atoms with Crippen LogP contribution in [0.15, 0.2) is 23.8 Å². The van der Waals surface area contributed by atoms with Crippen LogP contribution < -0.4 is 0 Å². The molecule has 6 unspecified atom stereocenters. The second-order valence-electron chi connectivity index (χ2n) is 8.63. The van der Waals surface area contributed by atoms with Crippen LogP contribution in [0.2, 0.25) is 0 Å². The average Bonchev–Trinajstić information content (AvgIpc) is 3.07. The molecule has 3 saturated carbocycles. The van der Waals surface area contributed by atoms with Gasteiger partial charge in [0.25, 0.3) is 0 Å². The topological polar surface area (TPSA) is 74.6 Å². The number of fused-ring (bicyclic) bond motifs is 5. The highest BCUT2D eigenvalue weighted by molar-refractivity contribution is 6.01. The Hall–Kier alpha value is -1.26. The number of hydrogen-bond acceptors (Lipinski definition) is 4. The fourth-order valence-corrected chi connectivity index (χ4v) is 6.30. The Morgan fingerprint density at radius 1 is 1.00 bits per heavy atom. The number of aldehydes is 1. The van der Waals surface area contributed by atoms with Gasteiger partial charge in [-0.3, -0.25) is 4.79 Å². The Morgan fingerprint density at radius 3 is 2.10 bits per heavy atom. The standard InChI is InChI=1S/C19H26O3.C2H4O.3C2H6/c1-18-8-7-12(20)9-11(18)3-4-13-14-5-6-16(22)19(14,2)10-15(21)17(13)18;1-2-3;3*1-2/h7-9,13-17,21-22H,3-6,10H2,1-2H3;2H,1H3;3*1-2H3/t13?,14?,15?,16-,17?,18?,19?;;;;/m1..../s1. The Labute approximate surface area is 191 Å². The van der Waals surface area contributed by atoms with Crippen molar-refractivity contribution in [2.24, 2.45) is 28.6 Å². The lowest BCUT2D eigenvalue weighted by Crippen LogP contribution is -2.56. The molecule has 4 heteroatoms. The Morgan fingerprint density at radius 2 is 1.55 bits per heavy atom. The van der Waals surface area contributed by atoms with Gasteiger partial charge in [0.1, 0.15) is 6.29 Å². The molecular weight excluding hydrogens is 388 g/mol. The molecule has 0 aromatic rings. The van der Waals surface area contributed by atoms with Gasteiger partial charge in [-0.05, 0) is 68.4 Å². The lowest BCUT2D eigenvalue weighted by atomic mass is 9.47. The van der Waals surface area contributed by atoms with E-state index in [1.807, 2.05) is 47.6 Å². The molecule has 0 aromatic carbocycles. The summed E-state index contributed by atoms with van der Waals surface area (Å²) in [6.07, 6.45) is 10.2. The van der Waals surface area contributed by atoms with Crippen molar-refractivity contribution in [3.05, 3.63) is 23.8 Å². The van der Waals surface area contributed by atoms with Gasteiger partial charge in [-0.1, -0.05) is 67.0 Å². The number of ketones is 1. The Balaban J connectivity index is 0.000000886. The van der Waals surface area contributed by atoms with Gasteiger partial charge in [-0.15, -0.1) is 0 Å². The maximum atomic E-state index is 11.7. The van der Waals surface area contributed by atoms with Crippen LogP contribution in [-0.4, -0.2) is 34.5 Å². The van der Waals surface area contributed by atoms with Gasteiger partial charge < -0.3 is 15.0 Å². The van der Waals surface area contributed by atoms with Crippen molar-refractivity contribution in [3.63, 3.8) is 0 Å². The van der Waals surface area contributed by atoms with Gasteiger partial charge in [0, 0.05) is 11.3 Å². The maximum Gasteiger partial charge on any atom is 0.178 e. The van der Waals surface area contributed by atoms with Crippen molar-refractivity contribution in [1.29, 1.82) is 0 Å². The van der Waals surface area contributed by atoms with Crippen molar-refractivity contribution in [2.75, 3.05) is 0 Å². The van der Waals surface area contributed by atoms with Crippen LogP contribution in [0.5, 0.6) is 0 Å². The van der Waals surface area contributed by atoms with E-state index in [1.54, 1.807) is 12.2 Å². The van der Waals surface area contributed by atoms with E-state index in [9.17, 15) is 15.0 Å². The fourth-order valence-electron chi connectivity index (χ4n) is 6.30. The second kappa shape index (κ2) is 13.3. The molecule has 0 amide bonds. The number of rotatable bonds is 0. The van der Waals surface area contributed by atoms with E-state index in [1.165, 1.54) is 12.5 Å². The first-order valence-electron chi connectivity index (χ1n) is 12.5. The molecule has 0 aromatic heterocycles. The fraction of sp³-hybridized carbons (Fsp3) is 0.778. The van der Waals surface area contributed by atoms with Crippen molar-refractivity contribution in [3.8, 4) is 0 Å². The summed E-state index contributed by atoms with van der Waals surface area (Å²) in [6, 6.07) is 0. The predicted octanol–water partition coefficient (Wildman–Crippen LogP) is 5.91. The summed E-state index contributed by atoms with van der Waals surface area (Å²) in [5.41, 5.74) is 0.875. The smallest absolute Gasteiger partial charge is 0.178 e. The summed E-state index contributed by atoms with van der Waals surface area (Å²) in [6.45, 7) is 17.8. The number of allylic oxidation sites excluding steroid dienone is 4. The molecule has 0 radical (unpaired) electrons. The van der Waals surface area contributed by atoms with E-state index >= 15 is 0 Å². The van der Waals surface area contributed by atoms with Crippen molar-refractivity contribution in [1.82, 2.24) is 0 Å². The van der Waals surface area contributed by atoms with Crippen LogP contribution in [0, 0.1) is 28.6 Å². The average molecular weight is 437 g/mol. The van der Waals surface area contributed by atoms with Gasteiger partial charge in [0.05, 0.1) is 12.2 Å². The Bertz CT molecular complexity index is 623. The van der Waals surface area contributed by atoms with Crippen LogP contribution >= 0.6 is 0 Å². The maximum absolute atomic E-state index is 11.7. The molecule has 0 bridgehead atoms. The van der Waals surface area contributed by atoms with Crippen LogP contribution in [0.1, 0.15) is 94.4 Å². The van der Waals surface area contributed by atoms with Crippen molar-refractivity contribution in [2.45, 2.75) is 107 Å². The molecule has 3 fully saturated rings. The molecular formula is C27H48O4. The third kappa shape index (κ3) is 5.76. The summed E-state index contributed by atoms with van der Waals surface area (Å²) in [7, 11) is 0. The summed E-state index contributed by atoms with van der Waals surface area (Å²) in [5, 5.41) is 21.4. The number of hydrogen-bond donors (Lipinski definition) is 2. The zero-order valence-corrected chi connectivity index (χ0v) is 21.4. The Kier molecular flexibility index (Phi) is 12.8. The lowest BCUT2D eigenvalue weighted by Gasteiger charge is -2.58. The van der Waals surface area contributed by atoms with Gasteiger partial charge >= 0.3 is 0 Å². The highest BCUT2D eigenvalue weighted by atomic mass is 16.3. The zero-order valence-electron chi connectivity index (χ0n) is 21.4. The first-order valence-corrected chi connectivity index (χ1v) is 12.5. The molecule has 4 rings (SSSR count). The minimum Gasteiger partial charge on any atom is -0.393 e. The molecule has 0 spiro atoms. The van der Waals surface area contributed by atoms with Crippen LogP contribution in [0.4, 0.5) is 0 Å². The highest BCUT2D eigenvalue weighted by Gasteiger charge is 2.61.